The molecular weight excluding hydrogens is 318 g/mol. The summed E-state index contributed by atoms with van der Waals surface area (Å²) in [5.41, 5.74) is 9.40. The van der Waals surface area contributed by atoms with Crippen molar-refractivity contribution < 1.29 is 4.52 Å². The molecule has 0 atom stereocenters. The summed E-state index contributed by atoms with van der Waals surface area (Å²) >= 11 is 0. The minimum atomic E-state index is 0.223. The summed E-state index contributed by atoms with van der Waals surface area (Å²) in [5, 5.41) is 12.2. The van der Waals surface area contributed by atoms with E-state index in [1.54, 1.807) is 29.2 Å². The van der Waals surface area contributed by atoms with Gasteiger partial charge in [-0.05, 0) is 36.2 Å². The molecule has 0 aliphatic carbocycles. The fraction of sp³-hybridized carbons (Fsp3) is 0.118. The van der Waals surface area contributed by atoms with Crippen LogP contribution in [0.2, 0.25) is 0 Å². The number of pyridine rings is 1. The zero-order valence-corrected chi connectivity index (χ0v) is 13.5. The van der Waals surface area contributed by atoms with Crippen molar-refractivity contribution in [3.05, 3.63) is 54.4 Å². The molecule has 124 valence electrons. The first-order valence-electron chi connectivity index (χ1n) is 7.81. The van der Waals surface area contributed by atoms with E-state index in [1.165, 1.54) is 5.56 Å². The molecule has 0 spiro atoms. The Morgan fingerprint density at radius 2 is 1.84 bits per heavy atom. The van der Waals surface area contributed by atoms with Gasteiger partial charge >= 0.3 is 0 Å². The van der Waals surface area contributed by atoms with Gasteiger partial charge in [0.25, 0.3) is 5.89 Å². The Bertz CT molecular complexity index is 990. The number of nitrogen functional groups attached to an aromatic ring is 1. The third-order valence-electron chi connectivity index (χ3n) is 3.86. The lowest BCUT2D eigenvalue weighted by Gasteiger charge is -2.03. The van der Waals surface area contributed by atoms with Crippen LogP contribution in [0.5, 0.6) is 0 Å². The summed E-state index contributed by atoms with van der Waals surface area (Å²) in [4.78, 5) is 8.31. The maximum Gasteiger partial charge on any atom is 0.282 e. The van der Waals surface area contributed by atoms with E-state index >= 15 is 0 Å². The molecule has 0 bridgehead atoms. The zero-order valence-electron chi connectivity index (χ0n) is 13.5. The summed E-state index contributed by atoms with van der Waals surface area (Å²) in [6.45, 7) is 2.10. The first kappa shape index (κ1) is 15.0. The van der Waals surface area contributed by atoms with Crippen LogP contribution in [-0.4, -0.2) is 30.1 Å². The fourth-order valence-corrected chi connectivity index (χ4v) is 2.44. The molecule has 0 aliphatic heterocycles. The van der Waals surface area contributed by atoms with Gasteiger partial charge in [-0.1, -0.05) is 29.4 Å². The largest absolute Gasteiger partial charge is 0.382 e. The third-order valence-corrected chi connectivity index (χ3v) is 3.86. The van der Waals surface area contributed by atoms with E-state index < -0.39 is 0 Å². The zero-order chi connectivity index (χ0) is 17.2. The quantitative estimate of drug-likeness (QED) is 0.611. The van der Waals surface area contributed by atoms with Crippen LogP contribution in [-0.2, 0) is 6.42 Å². The monoisotopic (exact) mass is 333 g/mol. The normalized spacial score (nSPS) is 10.9. The van der Waals surface area contributed by atoms with Crippen LogP contribution in [0.1, 0.15) is 12.5 Å². The van der Waals surface area contributed by atoms with E-state index in [9.17, 15) is 0 Å². The topological polar surface area (TPSA) is 109 Å². The summed E-state index contributed by atoms with van der Waals surface area (Å²) in [6, 6.07) is 11.6. The minimum absolute atomic E-state index is 0.223. The molecule has 0 saturated heterocycles. The second-order valence-electron chi connectivity index (χ2n) is 5.41. The molecule has 0 fully saturated rings. The number of nitrogens with zero attached hydrogens (tertiary/aromatic N) is 6. The highest BCUT2D eigenvalue weighted by Crippen LogP contribution is 2.26. The number of nitrogens with two attached hydrogens (primary N) is 1. The number of rotatable bonds is 4. The first-order chi connectivity index (χ1) is 12.3. The Labute approximate surface area is 143 Å². The van der Waals surface area contributed by atoms with Crippen LogP contribution in [0.15, 0.2) is 53.3 Å². The number of benzene rings is 1. The van der Waals surface area contributed by atoms with E-state index in [-0.39, 0.29) is 5.89 Å². The molecule has 3 heterocycles. The van der Waals surface area contributed by atoms with Gasteiger partial charge in [-0.15, -0.1) is 5.10 Å². The van der Waals surface area contributed by atoms with E-state index in [0.717, 1.165) is 17.7 Å². The smallest absolute Gasteiger partial charge is 0.282 e. The van der Waals surface area contributed by atoms with E-state index in [0.29, 0.717) is 17.3 Å². The van der Waals surface area contributed by atoms with Gasteiger partial charge in [0.2, 0.25) is 5.82 Å². The van der Waals surface area contributed by atoms with Crippen molar-refractivity contribution in [2.45, 2.75) is 13.3 Å². The summed E-state index contributed by atoms with van der Waals surface area (Å²) < 4.78 is 6.84. The molecule has 0 aliphatic rings. The van der Waals surface area contributed by atoms with Gasteiger partial charge in [0, 0.05) is 18.0 Å². The third kappa shape index (κ3) is 2.74. The molecule has 25 heavy (non-hydrogen) atoms. The lowest BCUT2D eigenvalue weighted by Crippen LogP contribution is -2.02. The lowest BCUT2D eigenvalue weighted by molar-refractivity contribution is 0.431. The average Bonchev–Trinajstić information content (AvgIpc) is 3.29. The molecule has 8 nitrogen and oxygen atoms in total. The van der Waals surface area contributed by atoms with Crippen LogP contribution >= 0.6 is 0 Å². The molecule has 2 N–H and O–H groups in total. The van der Waals surface area contributed by atoms with Gasteiger partial charge in [-0.25, -0.2) is 0 Å². The highest BCUT2D eigenvalue weighted by Gasteiger charge is 2.19. The summed E-state index contributed by atoms with van der Waals surface area (Å²) in [6.07, 6.45) is 4.30. The molecule has 0 unspecified atom stereocenters. The molecule has 4 aromatic rings. The first-order valence-corrected chi connectivity index (χ1v) is 7.81. The maximum atomic E-state index is 6.19. The molecule has 0 saturated carbocycles. The van der Waals surface area contributed by atoms with E-state index in [1.807, 2.05) is 24.3 Å². The molecule has 1 aromatic carbocycles. The average molecular weight is 333 g/mol. The van der Waals surface area contributed by atoms with Crippen molar-refractivity contribution in [3.63, 3.8) is 0 Å². The Kier molecular flexibility index (Phi) is 3.70. The highest BCUT2D eigenvalue weighted by atomic mass is 16.5. The van der Waals surface area contributed by atoms with E-state index in [4.69, 9.17) is 10.3 Å². The Morgan fingerprint density at radius 1 is 1.08 bits per heavy atom. The number of aromatic nitrogens is 6. The van der Waals surface area contributed by atoms with Crippen molar-refractivity contribution in [2.24, 2.45) is 0 Å². The maximum absolute atomic E-state index is 6.19. The van der Waals surface area contributed by atoms with Crippen LogP contribution in [0.4, 0.5) is 5.82 Å². The van der Waals surface area contributed by atoms with Gasteiger partial charge in [0.05, 0.1) is 5.69 Å². The van der Waals surface area contributed by atoms with Gasteiger partial charge in [-0.3, -0.25) is 4.98 Å². The summed E-state index contributed by atoms with van der Waals surface area (Å²) in [7, 11) is 0. The Hall–Kier alpha value is -3.55. The predicted octanol–water partition coefficient (Wildman–Crippen LogP) is 2.52. The second kappa shape index (κ2) is 6.16. The fourth-order valence-electron chi connectivity index (χ4n) is 2.44. The van der Waals surface area contributed by atoms with Crippen molar-refractivity contribution in [2.75, 3.05) is 5.73 Å². The SMILES string of the molecule is CCc1ccc(-n2nnc(-c3nc(-c4ccncc4)no3)c2N)cc1. The van der Waals surface area contributed by atoms with E-state index in [2.05, 4.69) is 32.4 Å². The van der Waals surface area contributed by atoms with Gasteiger partial charge < -0.3 is 10.3 Å². The molecule has 0 radical (unpaired) electrons. The van der Waals surface area contributed by atoms with Gasteiger partial charge in [-0.2, -0.15) is 9.67 Å². The Morgan fingerprint density at radius 3 is 2.56 bits per heavy atom. The molecule has 3 aromatic heterocycles. The van der Waals surface area contributed by atoms with Crippen LogP contribution < -0.4 is 5.73 Å². The van der Waals surface area contributed by atoms with Crippen molar-refractivity contribution in [3.8, 4) is 28.7 Å². The molecule has 4 rings (SSSR count). The lowest BCUT2D eigenvalue weighted by atomic mass is 10.1. The van der Waals surface area contributed by atoms with Crippen LogP contribution in [0.3, 0.4) is 0 Å². The number of aryl methyl sites for hydroxylation is 1. The minimum Gasteiger partial charge on any atom is -0.382 e. The molecule has 0 amide bonds. The highest BCUT2D eigenvalue weighted by molar-refractivity contribution is 5.66. The number of hydrogen-bond donors (Lipinski definition) is 1. The van der Waals surface area contributed by atoms with Gasteiger partial charge in [0.15, 0.2) is 11.5 Å². The number of anilines is 1. The second-order valence-corrected chi connectivity index (χ2v) is 5.41. The van der Waals surface area contributed by atoms with Gasteiger partial charge in [0.1, 0.15) is 0 Å². The van der Waals surface area contributed by atoms with Crippen LogP contribution in [0.25, 0.3) is 28.7 Å². The van der Waals surface area contributed by atoms with Crippen molar-refractivity contribution >= 4 is 5.82 Å². The Balaban J connectivity index is 1.68. The van der Waals surface area contributed by atoms with Crippen LogP contribution in [0, 0.1) is 0 Å². The van der Waals surface area contributed by atoms with Crippen molar-refractivity contribution in [1.29, 1.82) is 0 Å². The van der Waals surface area contributed by atoms with Crippen molar-refractivity contribution in [1.82, 2.24) is 30.1 Å². The standard InChI is InChI=1S/C17H15N7O/c1-2-11-3-5-13(6-4-11)24-15(18)14(21-23-24)17-20-16(22-25-17)12-7-9-19-10-8-12/h3-10H,2,18H2,1H3. The molecule has 8 heteroatoms. The number of hydrogen-bond acceptors (Lipinski definition) is 7. The summed E-state index contributed by atoms with van der Waals surface area (Å²) in [5.74, 6) is 1.01. The molecular formula is C17H15N7O. The predicted molar refractivity (Wildman–Crippen MR) is 91.7 cm³/mol.